The molecule has 1 heterocycles. The number of rotatable bonds is 5. The molecule has 1 aliphatic heterocycles. The summed E-state index contributed by atoms with van der Waals surface area (Å²) in [6.45, 7) is 1.73. The number of esters is 1. The number of anilines is 1. The van der Waals surface area contributed by atoms with Gasteiger partial charge >= 0.3 is 12.1 Å². The van der Waals surface area contributed by atoms with Gasteiger partial charge in [0.2, 0.25) is 0 Å². The van der Waals surface area contributed by atoms with Crippen molar-refractivity contribution in [2.24, 2.45) is 0 Å². The molecule has 3 rings (SSSR count). The molecule has 1 atom stereocenters. The number of nitrogens with one attached hydrogen (secondary N) is 2. The zero-order chi connectivity index (χ0) is 24.6. The molecule has 0 saturated heterocycles. The van der Waals surface area contributed by atoms with Gasteiger partial charge in [-0.2, -0.15) is 13.2 Å². The molecule has 0 aliphatic carbocycles. The van der Waals surface area contributed by atoms with Crippen molar-refractivity contribution in [2.45, 2.75) is 24.0 Å². The number of nitrogens with zero attached hydrogens (tertiary/aromatic N) is 1. The number of alkyl halides is 3. The van der Waals surface area contributed by atoms with Crippen LogP contribution in [-0.4, -0.2) is 38.6 Å². The minimum Gasteiger partial charge on any atom is -0.466 e. The Morgan fingerprint density at radius 1 is 1.18 bits per heavy atom. The highest BCUT2D eigenvalue weighted by Crippen LogP contribution is 2.33. The van der Waals surface area contributed by atoms with Gasteiger partial charge < -0.3 is 15.0 Å². The number of ether oxygens (including phenoxy) is 1. The van der Waals surface area contributed by atoms with Crippen LogP contribution in [0.5, 0.6) is 0 Å². The maximum Gasteiger partial charge on any atom is 0.416 e. The van der Waals surface area contributed by atoms with Crippen LogP contribution in [0.25, 0.3) is 0 Å². The summed E-state index contributed by atoms with van der Waals surface area (Å²) in [5, 5.41) is 3.43. The molecule has 0 amide bonds. The number of halogens is 3. The second-order valence-electron chi connectivity index (χ2n) is 7.19. The molecule has 0 saturated carbocycles. The highest BCUT2D eigenvalue weighted by atomic mass is 32.2. The Labute approximate surface area is 194 Å². The maximum absolute atomic E-state index is 12.9. The van der Waals surface area contributed by atoms with Crippen molar-refractivity contribution in [3.05, 3.63) is 70.9 Å². The second kappa shape index (κ2) is 9.02. The van der Waals surface area contributed by atoms with Gasteiger partial charge in [-0.3, -0.25) is 4.72 Å². The minimum absolute atomic E-state index is 0.131. The fourth-order valence-corrected chi connectivity index (χ4v) is 4.62. The standard InChI is InChI=1S/C21H20F3N3O4S2/c1-12-17(19(28)31-3)18(25-20(32)27(12)2)13-7-9-15(10-8-13)26-33(29,30)16-6-4-5-14(11-16)21(22,23)24/h4-11,18,26H,1-3H3,(H,25,32). The van der Waals surface area contributed by atoms with Gasteiger partial charge in [-0.25, -0.2) is 13.2 Å². The van der Waals surface area contributed by atoms with Crippen LogP contribution in [0.15, 0.2) is 64.7 Å². The van der Waals surface area contributed by atoms with Crippen molar-refractivity contribution in [2.75, 3.05) is 18.9 Å². The third kappa shape index (κ3) is 5.11. The minimum atomic E-state index is -4.67. The molecule has 12 heteroatoms. The molecule has 2 aromatic carbocycles. The zero-order valence-electron chi connectivity index (χ0n) is 17.7. The van der Waals surface area contributed by atoms with Gasteiger partial charge in [-0.05, 0) is 55.0 Å². The summed E-state index contributed by atoms with van der Waals surface area (Å²) >= 11 is 5.30. The molecule has 0 bridgehead atoms. The molecular weight excluding hydrogens is 479 g/mol. The number of thiocarbonyl (C=S) groups is 1. The summed E-state index contributed by atoms with van der Waals surface area (Å²) in [6, 6.07) is 8.86. The third-order valence-corrected chi connectivity index (χ3v) is 6.90. The molecule has 2 N–H and O–H groups in total. The van der Waals surface area contributed by atoms with Crippen LogP contribution in [0.1, 0.15) is 24.1 Å². The van der Waals surface area contributed by atoms with E-state index < -0.39 is 38.7 Å². The molecule has 1 aliphatic rings. The molecule has 0 fully saturated rings. The monoisotopic (exact) mass is 499 g/mol. The number of carbonyl (C=O) groups is 1. The Bertz CT molecular complexity index is 1230. The largest absolute Gasteiger partial charge is 0.466 e. The van der Waals surface area contributed by atoms with Crippen LogP contribution in [0.4, 0.5) is 18.9 Å². The van der Waals surface area contributed by atoms with Gasteiger partial charge in [0.05, 0.1) is 29.2 Å². The molecule has 2 aromatic rings. The summed E-state index contributed by atoms with van der Waals surface area (Å²) in [5.74, 6) is -0.548. The van der Waals surface area contributed by atoms with Crippen LogP contribution in [0, 0.1) is 0 Å². The van der Waals surface area contributed by atoms with E-state index in [2.05, 4.69) is 10.0 Å². The molecule has 0 aromatic heterocycles. The van der Waals surface area contributed by atoms with E-state index in [4.69, 9.17) is 17.0 Å². The predicted molar refractivity (Wildman–Crippen MR) is 120 cm³/mol. The SMILES string of the molecule is COC(=O)C1=C(C)N(C)C(=S)NC1c1ccc(NS(=O)(=O)c2cccc(C(F)(F)F)c2)cc1. The van der Waals surface area contributed by atoms with Gasteiger partial charge in [-0.1, -0.05) is 18.2 Å². The molecule has 7 nitrogen and oxygen atoms in total. The van der Waals surface area contributed by atoms with E-state index in [0.29, 0.717) is 28.0 Å². The van der Waals surface area contributed by atoms with E-state index in [1.807, 2.05) is 0 Å². The molecular formula is C21H20F3N3O4S2. The van der Waals surface area contributed by atoms with Gasteiger partial charge in [0, 0.05) is 18.4 Å². The van der Waals surface area contributed by atoms with E-state index in [1.54, 1.807) is 31.0 Å². The van der Waals surface area contributed by atoms with Crippen LogP contribution in [0.2, 0.25) is 0 Å². The van der Waals surface area contributed by atoms with Crippen molar-refractivity contribution >= 4 is 39.0 Å². The number of benzene rings is 2. The average Bonchev–Trinajstić information content (AvgIpc) is 2.76. The molecule has 1 unspecified atom stereocenters. The third-order valence-electron chi connectivity index (χ3n) is 5.13. The van der Waals surface area contributed by atoms with Crippen LogP contribution >= 0.6 is 12.2 Å². The number of sulfonamides is 1. The normalized spacial score (nSPS) is 17.0. The van der Waals surface area contributed by atoms with Gasteiger partial charge in [0.25, 0.3) is 10.0 Å². The van der Waals surface area contributed by atoms with E-state index in [9.17, 15) is 26.4 Å². The second-order valence-corrected chi connectivity index (χ2v) is 9.25. The van der Waals surface area contributed by atoms with Gasteiger partial charge in [-0.15, -0.1) is 0 Å². The maximum atomic E-state index is 12.9. The van der Waals surface area contributed by atoms with E-state index in [1.165, 1.54) is 19.2 Å². The first-order valence-electron chi connectivity index (χ1n) is 9.48. The lowest BCUT2D eigenvalue weighted by Crippen LogP contribution is -2.46. The van der Waals surface area contributed by atoms with E-state index in [0.717, 1.165) is 18.2 Å². The predicted octanol–water partition coefficient (Wildman–Crippen LogP) is 3.81. The van der Waals surface area contributed by atoms with E-state index in [-0.39, 0.29) is 5.69 Å². The fourth-order valence-electron chi connectivity index (χ4n) is 3.26. The molecule has 0 radical (unpaired) electrons. The van der Waals surface area contributed by atoms with Crippen molar-refractivity contribution < 1.29 is 31.1 Å². The average molecular weight is 500 g/mol. The lowest BCUT2D eigenvalue weighted by atomic mass is 9.95. The van der Waals surface area contributed by atoms with Crippen LogP contribution in [0.3, 0.4) is 0 Å². The van der Waals surface area contributed by atoms with Crippen LogP contribution in [-0.2, 0) is 25.7 Å². The summed E-state index contributed by atoms with van der Waals surface area (Å²) in [6.07, 6.45) is -4.67. The topological polar surface area (TPSA) is 87.7 Å². The van der Waals surface area contributed by atoms with Crippen molar-refractivity contribution in [1.29, 1.82) is 0 Å². The summed E-state index contributed by atoms with van der Waals surface area (Å²) in [5.41, 5.74) is 0.609. The Morgan fingerprint density at radius 2 is 1.82 bits per heavy atom. The summed E-state index contributed by atoms with van der Waals surface area (Å²) in [7, 11) is -1.30. The Morgan fingerprint density at radius 3 is 2.39 bits per heavy atom. The number of methoxy groups -OCH3 is 1. The number of carbonyl (C=O) groups excluding carboxylic acids is 1. The quantitative estimate of drug-likeness (QED) is 0.478. The number of hydrogen-bond acceptors (Lipinski definition) is 5. The van der Waals surface area contributed by atoms with Gasteiger partial charge in [0.1, 0.15) is 0 Å². The fraction of sp³-hybridized carbons (Fsp3) is 0.238. The smallest absolute Gasteiger partial charge is 0.416 e. The highest BCUT2D eigenvalue weighted by Gasteiger charge is 2.33. The summed E-state index contributed by atoms with van der Waals surface area (Å²) < 4.78 is 71.1. The number of hydrogen-bond donors (Lipinski definition) is 2. The Hall–Kier alpha value is -3.12. The van der Waals surface area contributed by atoms with E-state index >= 15 is 0 Å². The summed E-state index contributed by atoms with van der Waals surface area (Å²) in [4.78, 5) is 13.5. The molecule has 33 heavy (non-hydrogen) atoms. The van der Waals surface area contributed by atoms with Crippen molar-refractivity contribution in [3.8, 4) is 0 Å². The lowest BCUT2D eigenvalue weighted by Gasteiger charge is -2.35. The lowest BCUT2D eigenvalue weighted by molar-refractivity contribution is -0.138. The van der Waals surface area contributed by atoms with Crippen LogP contribution < -0.4 is 10.0 Å². The van der Waals surface area contributed by atoms with Crippen molar-refractivity contribution in [1.82, 2.24) is 10.2 Å². The Kier molecular flexibility index (Phi) is 6.70. The number of allylic oxidation sites excluding steroid dienone is 1. The zero-order valence-corrected chi connectivity index (χ0v) is 19.4. The first kappa shape index (κ1) is 24.5. The highest BCUT2D eigenvalue weighted by molar-refractivity contribution is 7.92. The molecule has 0 spiro atoms. The first-order valence-corrected chi connectivity index (χ1v) is 11.4. The Balaban J connectivity index is 1.89. The molecule has 176 valence electrons. The first-order chi connectivity index (χ1) is 15.3. The van der Waals surface area contributed by atoms with Gasteiger partial charge in [0.15, 0.2) is 5.11 Å². The van der Waals surface area contributed by atoms with Crippen molar-refractivity contribution in [3.63, 3.8) is 0 Å².